The zero-order valence-electron chi connectivity index (χ0n) is 6.62. The lowest BCUT2D eigenvalue weighted by atomic mass is 10.1. The predicted octanol–water partition coefficient (Wildman–Crippen LogP) is 0.954. The van der Waals surface area contributed by atoms with Gasteiger partial charge in [-0.15, -0.1) is 6.58 Å². The highest BCUT2D eigenvalue weighted by Gasteiger charge is 2.15. The third kappa shape index (κ3) is 3.55. The number of nitrogens with one attached hydrogen (secondary N) is 1. The summed E-state index contributed by atoms with van der Waals surface area (Å²) in [4.78, 5) is 21.1. The van der Waals surface area contributed by atoms with Gasteiger partial charge in [0.05, 0.1) is 6.04 Å². The number of amides is 1. The van der Waals surface area contributed by atoms with Crippen LogP contribution in [0.2, 0.25) is 0 Å². The van der Waals surface area contributed by atoms with Crippen LogP contribution < -0.4 is 5.32 Å². The zero-order chi connectivity index (χ0) is 9.56. The average Bonchev–Trinajstić information content (AvgIpc) is 2.01. The minimum absolute atomic E-state index is 0.275. The third-order valence-corrected chi connectivity index (χ3v) is 1.24. The van der Waals surface area contributed by atoms with E-state index in [1.54, 1.807) is 0 Å². The highest BCUT2D eigenvalue weighted by atomic mass is 16.4. The number of hydrogen-bond donors (Lipinski definition) is 2. The van der Waals surface area contributed by atoms with E-state index in [0.29, 0.717) is 0 Å². The minimum Gasteiger partial charge on any atom is -0.465 e. The molecule has 1 atom stereocenters. The van der Waals surface area contributed by atoms with Crippen LogP contribution in [0.4, 0.5) is 4.79 Å². The van der Waals surface area contributed by atoms with E-state index in [9.17, 15) is 9.59 Å². The number of carbonyl (C=O) groups excluding carboxylic acids is 1. The number of rotatable bonds is 5. The fourth-order valence-electron chi connectivity index (χ4n) is 0.704. The fraction of sp³-hybridized carbons (Fsp3) is 0.250. The van der Waals surface area contributed by atoms with E-state index < -0.39 is 12.1 Å². The Morgan fingerprint density at radius 1 is 1.50 bits per heavy atom. The predicted molar refractivity (Wildman–Crippen MR) is 45.0 cm³/mol. The molecule has 0 aliphatic heterocycles. The van der Waals surface area contributed by atoms with Gasteiger partial charge >= 0.3 is 6.09 Å². The molecule has 0 bridgehead atoms. The fourth-order valence-corrected chi connectivity index (χ4v) is 0.704. The number of carboxylic acid groups (broad SMARTS) is 1. The Kier molecular flexibility index (Phi) is 4.45. The topological polar surface area (TPSA) is 66.4 Å². The molecule has 0 aliphatic rings. The van der Waals surface area contributed by atoms with E-state index in [-0.39, 0.29) is 12.2 Å². The van der Waals surface area contributed by atoms with Crippen molar-refractivity contribution in [2.45, 2.75) is 12.5 Å². The first-order valence-electron chi connectivity index (χ1n) is 3.38. The molecule has 4 heteroatoms. The van der Waals surface area contributed by atoms with Crippen LogP contribution in [-0.4, -0.2) is 23.0 Å². The van der Waals surface area contributed by atoms with Crippen molar-refractivity contribution in [3.8, 4) is 0 Å². The lowest BCUT2D eigenvalue weighted by molar-refractivity contribution is -0.116. The van der Waals surface area contributed by atoms with Crippen molar-refractivity contribution in [3.05, 3.63) is 25.3 Å². The number of ketones is 1. The first-order chi connectivity index (χ1) is 5.61. The van der Waals surface area contributed by atoms with Gasteiger partial charge in [-0.1, -0.05) is 12.7 Å². The second kappa shape index (κ2) is 5.12. The summed E-state index contributed by atoms with van der Waals surface area (Å²) >= 11 is 0. The molecule has 1 amide bonds. The second-order valence-electron chi connectivity index (χ2n) is 2.13. The Labute approximate surface area is 70.6 Å². The first kappa shape index (κ1) is 10.4. The maximum absolute atomic E-state index is 10.9. The molecule has 0 radical (unpaired) electrons. The van der Waals surface area contributed by atoms with Crippen molar-refractivity contribution in [2.24, 2.45) is 0 Å². The SMILES string of the molecule is C=CCC(NC(=O)O)C(=O)C=C. The molecule has 0 spiro atoms. The second-order valence-corrected chi connectivity index (χ2v) is 2.13. The highest BCUT2D eigenvalue weighted by Crippen LogP contribution is 1.95. The van der Waals surface area contributed by atoms with E-state index in [0.717, 1.165) is 6.08 Å². The minimum atomic E-state index is -1.22. The number of carbonyl (C=O) groups is 2. The summed E-state index contributed by atoms with van der Waals surface area (Å²) in [6, 6.07) is -0.752. The van der Waals surface area contributed by atoms with Crippen LogP contribution in [0.15, 0.2) is 25.3 Å². The molecule has 0 saturated heterocycles. The standard InChI is InChI=1S/C8H11NO3/c1-3-5-6(7(10)4-2)9-8(11)12/h3-4,6,9H,1-2,5H2,(H,11,12). The van der Waals surface area contributed by atoms with Crippen LogP contribution >= 0.6 is 0 Å². The van der Waals surface area contributed by atoms with Crippen molar-refractivity contribution in [3.63, 3.8) is 0 Å². The van der Waals surface area contributed by atoms with Gasteiger partial charge in [-0.3, -0.25) is 4.79 Å². The maximum Gasteiger partial charge on any atom is 0.405 e. The monoisotopic (exact) mass is 169 g/mol. The molecule has 0 aromatic rings. The smallest absolute Gasteiger partial charge is 0.405 e. The van der Waals surface area contributed by atoms with Crippen LogP contribution in [-0.2, 0) is 4.79 Å². The quantitative estimate of drug-likeness (QED) is 0.475. The summed E-state index contributed by atoms with van der Waals surface area (Å²) in [5.74, 6) is -0.350. The van der Waals surface area contributed by atoms with E-state index in [2.05, 4.69) is 18.5 Å². The summed E-state index contributed by atoms with van der Waals surface area (Å²) in [5.41, 5.74) is 0. The maximum atomic E-state index is 10.9. The van der Waals surface area contributed by atoms with Crippen LogP contribution in [0.5, 0.6) is 0 Å². The van der Waals surface area contributed by atoms with Gasteiger partial charge in [-0.2, -0.15) is 0 Å². The van der Waals surface area contributed by atoms with E-state index >= 15 is 0 Å². The normalized spacial score (nSPS) is 11.3. The van der Waals surface area contributed by atoms with Crippen molar-refractivity contribution in [2.75, 3.05) is 0 Å². The summed E-state index contributed by atoms with van der Waals surface area (Å²) in [5, 5.41) is 10.4. The molecule has 0 aromatic carbocycles. The van der Waals surface area contributed by atoms with Gasteiger partial charge in [0.2, 0.25) is 0 Å². The van der Waals surface area contributed by atoms with Gasteiger partial charge in [-0.05, 0) is 12.5 Å². The van der Waals surface area contributed by atoms with E-state index in [4.69, 9.17) is 5.11 Å². The van der Waals surface area contributed by atoms with Gasteiger partial charge in [0.25, 0.3) is 0 Å². The van der Waals surface area contributed by atoms with Gasteiger partial charge in [0, 0.05) is 0 Å². The summed E-state index contributed by atoms with van der Waals surface area (Å²) in [6.07, 6.45) is 1.61. The zero-order valence-corrected chi connectivity index (χ0v) is 6.62. The van der Waals surface area contributed by atoms with Crippen molar-refractivity contribution in [1.82, 2.24) is 5.32 Å². The summed E-state index contributed by atoms with van der Waals surface area (Å²) in [6.45, 7) is 6.66. The summed E-state index contributed by atoms with van der Waals surface area (Å²) < 4.78 is 0. The molecule has 4 nitrogen and oxygen atoms in total. The molecule has 0 aromatic heterocycles. The molecule has 2 N–H and O–H groups in total. The van der Waals surface area contributed by atoms with Crippen LogP contribution in [0, 0.1) is 0 Å². The Balaban J connectivity index is 4.20. The Morgan fingerprint density at radius 2 is 2.08 bits per heavy atom. The molecule has 12 heavy (non-hydrogen) atoms. The Morgan fingerprint density at radius 3 is 2.42 bits per heavy atom. The molecular formula is C8H11NO3. The average molecular weight is 169 g/mol. The van der Waals surface area contributed by atoms with Crippen molar-refractivity contribution < 1.29 is 14.7 Å². The lowest BCUT2D eigenvalue weighted by Crippen LogP contribution is -2.38. The van der Waals surface area contributed by atoms with Crippen molar-refractivity contribution >= 4 is 11.9 Å². The van der Waals surface area contributed by atoms with Crippen molar-refractivity contribution in [1.29, 1.82) is 0 Å². The van der Waals surface area contributed by atoms with Crippen LogP contribution in [0.25, 0.3) is 0 Å². The highest BCUT2D eigenvalue weighted by molar-refractivity contribution is 5.95. The van der Waals surface area contributed by atoms with Gasteiger partial charge < -0.3 is 10.4 Å². The lowest BCUT2D eigenvalue weighted by Gasteiger charge is -2.10. The molecule has 0 rings (SSSR count). The number of hydrogen-bond acceptors (Lipinski definition) is 2. The largest absolute Gasteiger partial charge is 0.465 e. The summed E-state index contributed by atoms with van der Waals surface area (Å²) in [7, 11) is 0. The van der Waals surface area contributed by atoms with Crippen LogP contribution in [0.3, 0.4) is 0 Å². The third-order valence-electron chi connectivity index (χ3n) is 1.24. The molecule has 1 unspecified atom stereocenters. The molecule has 0 fully saturated rings. The van der Waals surface area contributed by atoms with Gasteiger partial charge in [0.1, 0.15) is 0 Å². The first-order valence-corrected chi connectivity index (χ1v) is 3.38. The van der Waals surface area contributed by atoms with E-state index in [1.807, 2.05) is 0 Å². The molecule has 0 saturated carbocycles. The van der Waals surface area contributed by atoms with E-state index in [1.165, 1.54) is 6.08 Å². The van der Waals surface area contributed by atoms with Gasteiger partial charge in [0.15, 0.2) is 5.78 Å². The molecule has 0 heterocycles. The molecular weight excluding hydrogens is 158 g/mol. The Hall–Kier alpha value is -1.58. The molecule has 66 valence electrons. The molecule has 0 aliphatic carbocycles. The Bertz CT molecular complexity index is 210. The van der Waals surface area contributed by atoms with Gasteiger partial charge in [-0.25, -0.2) is 4.79 Å². The van der Waals surface area contributed by atoms with Crippen LogP contribution in [0.1, 0.15) is 6.42 Å².